The number of carbonyl (C=O) groups is 1. The highest BCUT2D eigenvalue weighted by Gasteiger charge is 2.41. The van der Waals surface area contributed by atoms with Crippen molar-refractivity contribution in [3.63, 3.8) is 0 Å². The summed E-state index contributed by atoms with van der Waals surface area (Å²) in [6.45, 7) is 5.15. The fraction of sp³-hybridized carbons (Fsp3) is 0.400. The van der Waals surface area contributed by atoms with Gasteiger partial charge in [0.25, 0.3) is 5.91 Å². The molecule has 2 atom stereocenters. The van der Waals surface area contributed by atoms with Gasteiger partial charge in [0.2, 0.25) is 6.10 Å². The summed E-state index contributed by atoms with van der Waals surface area (Å²) in [7, 11) is 1.82. The average Bonchev–Trinajstić information content (AvgIpc) is 3.06. The van der Waals surface area contributed by atoms with Gasteiger partial charge in [-0.2, -0.15) is 4.52 Å². The number of carbonyl (C=O) groups excluding carboxylic acids is 1. The minimum atomic E-state index is -0.655. The van der Waals surface area contributed by atoms with Crippen LogP contribution in [-0.2, 0) is 4.79 Å². The van der Waals surface area contributed by atoms with Crippen LogP contribution in [0.2, 0.25) is 0 Å². The van der Waals surface area contributed by atoms with Crippen LogP contribution in [0.4, 0.5) is 5.82 Å². The highest BCUT2D eigenvalue weighted by molar-refractivity contribution is 5.83. The molecule has 9 heteroatoms. The number of aryl methyl sites for hydroxylation is 1. The molecule has 0 spiro atoms. The molecule has 4 heterocycles. The van der Waals surface area contributed by atoms with Crippen molar-refractivity contribution in [2.75, 3.05) is 25.0 Å². The Labute approximate surface area is 167 Å². The Morgan fingerprint density at radius 2 is 1.83 bits per heavy atom. The van der Waals surface area contributed by atoms with Crippen molar-refractivity contribution in [3.8, 4) is 11.5 Å². The number of benzene rings is 1. The first kappa shape index (κ1) is 17.7. The lowest BCUT2D eigenvalue weighted by Gasteiger charge is -2.45. The van der Waals surface area contributed by atoms with E-state index in [0.29, 0.717) is 24.6 Å². The molecule has 0 saturated carbocycles. The fourth-order valence-corrected chi connectivity index (χ4v) is 3.71. The third-order valence-electron chi connectivity index (χ3n) is 5.57. The molecule has 2 unspecified atom stereocenters. The van der Waals surface area contributed by atoms with Crippen LogP contribution in [0.5, 0.6) is 11.5 Å². The monoisotopic (exact) mass is 394 g/mol. The molecular formula is C20H22N6O3. The largest absolute Gasteiger partial charge is 0.482 e. The first-order valence-corrected chi connectivity index (χ1v) is 9.64. The highest BCUT2D eigenvalue weighted by atomic mass is 16.6. The summed E-state index contributed by atoms with van der Waals surface area (Å²) in [6.07, 6.45) is -1.00. The zero-order chi connectivity index (χ0) is 20.1. The van der Waals surface area contributed by atoms with E-state index >= 15 is 0 Å². The van der Waals surface area contributed by atoms with Crippen LogP contribution in [0.15, 0.2) is 36.4 Å². The van der Waals surface area contributed by atoms with Crippen LogP contribution in [0.1, 0.15) is 12.7 Å². The Morgan fingerprint density at radius 1 is 1.10 bits per heavy atom. The van der Waals surface area contributed by atoms with Crippen molar-refractivity contribution in [2.24, 2.45) is 0 Å². The number of nitrogens with zero attached hydrogens (tertiary/aromatic N) is 6. The molecule has 1 saturated heterocycles. The Morgan fingerprint density at radius 3 is 2.59 bits per heavy atom. The number of para-hydroxylation sites is 2. The lowest BCUT2D eigenvalue weighted by Crippen LogP contribution is -2.63. The van der Waals surface area contributed by atoms with Crippen LogP contribution in [0.3, 0.4) is 0 Å². The number of hydrogen-bond acceptors (Lipinski definition) is 7. The quantitative estimate of drug-likeness (QED) is 0.662. The van der Waals surface area contributed by atoms with Gasteiger partial charge in [0.15, 0.2) is 23.0 Å². The summed E-state index contributed by atoms with van der Waals surface area (Å²) in [5.41, 5.74) is 0.722. The SMILES string of the molecule is Cc1nnc2ccc(N3CC(N(C)C(=O)C4Oc5ccccc5OC4C)C3)nn12. The smallest absolute Gasteiger partial charge is 0.267 e. The molecule has 0 bridgehead atoms. The maximum absolute atomic E-state index is 13.0. The van der Waals surface area contributed by atoms with Crippen LogP contribution >= 0.6 is 0 Å². The number of fused-ring (bicyclic) bond motifs is 2. The zero-order valence-electron chi connectivity index (χ0n) is 16.5. The number of aromatic nitrogens is 4. The van der Waals surface area contributed by atoms with Crippen molar-refractivity contribution >= 4 is 17.4 Å². The molecule has 3 aromatic rings. The van der Waals surface area contributed by atoms with E-state index in [1.807, 2.05) is 57.3 Å². The summed E-state index contributed by atoms with van der Waals surface area (Å²) in [6, 6.07) is 11.3. The second kappa shape index (κ2) is 6.61. The summed E-state index contributed by atoms with van der Waals surface area (Å²) in [4.78, 5) is 16.9. The number of anilines is 1. The van der Waals surface area contributed by atoms with Crippen molar-refractivity contribution in [2.45, 2.75) is 32.1 Å². The van der Waals surface area contributed by atoms with Gasteiger partial charge in [-0.25, -0.2) is 0 Å². The molecule has 1 fully saturated rings. The molecule has 150 valence electrons. The molecular weight excluding hydrogens is 372 g/mol. The van der Waals surface area contributed by atoms with E-state index in [9.17, 15) is 4.79 Å². The van der Waals surface area contributed by atoms with Gasteiger partial charge in [-0.1, -0.05) is 12.1 Å². The molecule has 29 heavy (non-hydrogen) atoms. The fourth-order valence-electron chi connectivity index (χ4n) is 3.71. The molecule has 9 nitrogen and oxygen atoms in total. The van der Waals surface area contributed by atoms with Crippen molar-refractivity contribution < 1.29 is 14.3 Å². The molecule has 0 radical (unpaired) electrons. The average molecular weight is 394 g/mol. The topological polar surface area (TPSA) is 85.1 Å². The predicted octanol–water partition coefficient (Wildman–Crippen LogP) is 1.31. The number of hydrogen-bond donors (Lipinski definition) is 0. The van der Waals surface area contributed by atoms with Gasteiger partial charge in [0.1, 0.15) is 11.9 Å². The summed E-state index contributed by atoms with van der Waals surface area (Å²) in [5.74, 6) is 2.79. The van der Waals surface area contributed by atoms with Gasteiger partial charge < -0.3 is 19.3 Å². The molecule has 2 aliphatic rings. The Hall–Kier alpha value is -3.36. The maximum atomic E-state index is 13.0. The minimum Gasteiger partial charge on any atom is -0.482 e. The maximum Gasteiger partial charge on any atom is 0.267 e. The zero-order valence-corrected chi connectivity index (χ0v) is 16.5. The second-order valence-corrected chi connectivity index (χ2v) is 7.52. The van der Waals surface area contributed by atoms with E-state index in [1.165, 1.54) is 0 Å². The van der Waals surface area contributed by atoms with Crippen LogP contribution in [0, 0.1) is 6.92 Å². The van der Waals surface area contributed by atoms with E-state index in [0.717, 1.165) is 17.3 Å². The van der Waals surface area contributed by atoms with Gasteiger partial charge in [-0.3, -0.25) is 4.79 Å². The molecule has 1 amide bonds. The van der Waals surface area contributed by atoms with E-state index in [1.54, 1.807) is 9.42 Å². The van der Waals surface area contributed by atoms with E-state index in [2.05, 4.69) is 20.2 Å². The third-order valence-corrected chi connectivity index (χ3v) is 5.57. The first-order chi connectivity index (χ1) is 14.0. The normalized spacial score (nSPS) is 21.1. The van der Waals surface area contributed by atoms with Gasteiger partial charge in [-0.15, -0.1) is 15.3 Å². The second-order valence-electron chi connectivity index (χ2n) is 7.52. The van der Waals surface area contributed by atoms with E-state index < -0.39 is 6.10 Å². The standard InChI is InChI=1S/C20H22N6O3/c1-12-19(29-16-7-5-4-6-15(16)28-12)20(27)24(3)14-10-25(11-14)18-9-8-17-22-21-13(2)26(17)23-18/h4-9,12,14,19H,10-11H2,1-3H3. The lowest BCUT2D eigenvalue weighted by molar-refractivity contribution is -0.145. The number of ether oxygens (including phenoxy) is 2. The van der Waals surface area contributed by atoms with E-state index in [4.69, 9.17) is 9.47 Å². The van der Waals surface area contributed by atoms with Gasteiger partial charge >= 0.3 is 0 Å². The summed E-state index contributed by atoms with van der Waals surface area (Å²) >= 11 is 0. The minimum absolute atomic E-state index is 0.0743. The molecule has 0 N–H and O–H groups in total. The highest BCUT2D eigenvalue weighted by Crippen LogP contribution is 2.34. The lowest BCUT2D eigenvalue weighted by atomic mass is 10.1. The van der Waals surface area contributed by atoms with Gasteiger partial charge in [0, 0.05) is 20.1 Å². The molecule has 0 aliphatic carbocycles. The number of amides is 1. The van der Waals surface area contributed by atoms with Crippen molar-refractivity contribution in [1.82, 2.24) is 24.7 Å². The molecule has 1 aromatic carbocycles. The van der Waals surface area contributed by atoms with Gasteiger partial charge in [0.05, 0.1) is 6.04 Å². The molecule has 2 aliphatic heterocycles. The van der Waals surface area contributed by atoms with Crippen LogP contribution < -0.4 is 14.4 Å². The van der Waals surface area contributed by atoms with Crippen molar-refractivity contribution in [3.05, 3.63) is 42.2 Å². The Balaban J connectivity index is 1.25. The predicted molar refractivity (Wildman–Crippen MR) is 105 cm³/mol. The van der Waals surface area contributed by atoms with E-state index in [-0.39, 0.29) is 18.1 Å². The van der Waals surface area contributed by atoms with Gasteiger partial charge in [-0.05, 0) is 38.1 Å². The van der Waals surface area contributed by atoms with Crippen molar-refractivity contribution in [1.29, 1.82) is 0 Å². The number of likely N-dealkylation sites (N-methyl/N-ethyl adjacent to an activating group) is 1. The van der Waals surface area contributed by atoms with Crippen LogP contribution in [0.25, 0.3) is 5.65 Å². The first-order valence-electron chi connectivity index (χ1n) is 9.64. The van der Waals surface area contributed by atoms with Crippen LogP contribution in [-0.4, -0.2) is 69.0 Å². The molecule has 5 rings (SSSR count). The Bertz CT molecular complexity index is 1080. The molecule has 2 aromatic heterocycles. The number of rotatable bonds is 3. The third kappa shape index (κ3) is 2.93. The summed E-state index contributed by atoms with van der Waals surface area (Å²) in [5, 5.41) is 12.7. The Kier molecular flexibility index (Phi) is 4.04. The summed E-state index contributed by atoms with van der Waals surface area (Å²) < 4.78 is 13.6.